The summed E-state index contributed by atoms with van der Waals surface area (Å²) < 4.78 is 0. The second-order valence-corrected chi connectivity index (χ2v) is 3.31. The lowest BCUT2D eigenvalue weighted by atomic mass is 9.88. The van der Waals surface area contributed by atoms with Gasteiger partial charge in [-0.2, -0.15) is 0 Å². The van der Waals surface area contributed by atoms with Gasteiger partial charge in [-0.1, -0.05) is 19.0 Å². The van der Waals surface area contributed by atoms with Crippen molar-refractivity contribution in [2.75, 3.05) is 6.54 Å². The molecule has 0 radical (unpaired) electrons. The van der Waals surface area contributed by atoms with Gasteiger partial charge in [0.25, 0.3) is 0 Å². The van der Waals surface area contributed by atoms with Crippen LogP contribution < -0.4 is 5.32 Å². The summed E-state index contributed by atoms with van der Waals surface area (Å²) >= 11 is 0. The zero-order valence-corrected chi connectivity index (χ0v) is 6.53. The quantitative estimate of drug-likeness (QED) is 0.338. The van der Waals surface area contributed by atoms with Crippen LogP contribution in [0.15, 0.2) is 5.11 Å². The maximum Gasteiger partial charge on any atom is 0.229 e. The molecular weight excluding hydrogens is 144 g/mol. The van der Waals surface area contributed by atoms with Crippen molar-refractivity contribution in [2.45, 2.75) is 19.9 Å². The first-order valence-electron chi connectivity index (χ1n) is 3.40. The van der Waals surface area contributed by atoms with E-state index in [0.717, 1.165) is 0 Å². The Hall–Kier alpha value is -1.22. The number of carbonyl (C=O) groups excluding carboxylic acids is 1. The lowest BCUT2D eigenvalue weighted by Gasteiger charge is -2.18. The molecule has 0 aliphatic carbocycles. The molecule has 11 heavy (non-hydrogen) atoms. The first-order chi connectivity index (χ1) is 5.08. The highest BCUT2D eigenvalue weighted by Gasteiger charge is 2.40. The molecule has 1 heterocycles. The van der Waals surface area contributed by atoms with Gasteiger partial charge in [0, 0.05) is 11.5 Å². The van der Waals surface area contributed by atoms with E-state index in [9.17, 15) is 4.79 Å². The molecule has 1 N–H and O–H groups in total. The van der Waals surface area contributed by atoms with Crippen LogP contribution in [0.25, 0.3) is 10.4 Å². The van der Waals surface area contributed by atoms with Crippen molar-refractivity contribution in [3.05, 3.63) is 10.4 Å². The normalized spacial score (nSPS) is 27.5. The Bertz CT molecular complexity index is 229. The second kappa shape index (κ2) is 2.43. The fourth-order valence-electron chi connectivity index (χ4n) is 1.12. The number of rotatable bonds is 1. The molecule has 1 saturated heterocycles. The van der Waals surface area contributed by atoms with Gasteiger partial charge in [-0.05, 0) is 10.9 Å². The molecule has 0 aromatic rings. The molecule has 1 aliphatic heterocycles. The molecule has 5 heteroatoms. The van der Waals surface area contributed by atoms with Crippen LogP contribution in [-0.2, 0) is 4.79 Å². The summed E-state index contributed by atoms with van der Waals surface area (Å²) in [5, 5.41) is 6.07. The monoisotopic (exact) mass is 154 g/mol. The van der Waals surface area contributed by atoms with E-state index in [4.69, 9.17) is 5.53 Å². The van der Waals surface area contributed by atoms with Gasteiger partial charge in [-0.25, -0.2) is 0 Å². The van der Waals surface area contributed by atoms with Gasteiger partial charge >= 0.3 is 0 Å². The predicted octanol–water partition coefficient (Wildman–Crippen LogP) is 0.821. The number of carbonyl (C=O) groups is 1. The minimum absolute atomic E-state index is 0.173. The Morgan fingerprint density at radius 1 is 1.82 bits per heavy atom. The largest absolute Gasteiger partial charge is 0.355 e. The molecule has 1 amide bonds. The first kappa shape index (κ1) is 7.88. The summed E-state index contributed by atoms with van der Waals surface area (Å²) in [6, 6.07) is -0.549. The van der Waals surface area contributed by atoms with Crippen molar-refractivity contribution in [2.24, 2.45) is 10.5 Å². The summed E-state index contributed by atoms with van der Waals surface area (Å²) in [5.74, 6) is -0.173. The van der Waals surface area contributed by atoms with Crippen LogP contribution in [0.1, 0.15) is 13.8 Å². The van der Waals surface area contributed by atoms with E-state index in [1.165, 1.54) is 0 Å². The van der Waals surface area contributed by atoms with Gasteiger partial charge in [-0.15, -0.1) is 0 Å². The fraction of sp³-hybridized carbons (Fsp3) is 0.833. The maximum absolute atomic E-state index is 11.0. The Balaban J connectivity index is 2.88. The predicted molar refractivity (Wildman–Crippen MR) is 39.7 cm³/mol. The summed E-state index contributed by atoms with van der Waals surface area (Å²) in [5.41, 5.74) is 7.91. The minimum atomic E-state index is -0.549. The third-order valence-electron chi connectivity index (χ3n) is 1.87. The van der Waals surface area contributed by atoms with Crippen molar-refractivity contribution in [1.29, 1.82) is 0 Å². The molecular formula is C6H10N4O. The maximum atomic E-state index is 11.0. The molecule has 1 unspecified atom stereocenters. The van der Waals surface area contributed by atoms with Gasteiger partial charge in [0.2, 0.25) is 5.91 Å². The topological polar surface area (TPSA) is 77.9 Å². The summed E-state index contributed by atoms with van der Waals surface area (Å²) in [4.78, 5) is 13.6. The molecule has 1 atom stereocenters. The molecule has 1 rings (SSSR count). The van der Waals surface area contributed by atoms with Crippen LogP contribution in [0.2, 0.25) is 0 Å². The van der Waals surface area contributed by atoms with Gasteiger partial charge in [0.05, 0.1) is 0 Å². The fourth-order valence-corrected chi connectivity index (χ4v) is 1.12. The van der Waals surface area contributed by atoms with Crippen LogP contribution in [-0.4, -0.2) is 18.5 Å². The Morgan fingerprint density at radius 3 is 2.82 bits per heavy atom. The van der Waals surface area contributed by atoms with E-state index in [1.54, 1.807) is 0 Å². The van der Waals surface area contributed by atoms with Crippen LogP contribution in [0.3, 0.4) is 0 Å². The molecule has 0 bridgehead atoms. The van der Waals surface area contributed by atoms with Crippen molar-refractivity contribution in [3.63, 3.8) is 0 Å². The average molecular weight is 154 g/mol. The number of azide groups is 1. The minimum Gasteiger partial charge on any atom is -0.355 e. The Kier molecular flexibility index (Phi) is 1.74. The van der Waals surface area contributed by atoms with E-state index < -0.39 is 6.04 Å². The Morgan fingerprint density at radius 2 is 2.45 bits per heavy atom. The first-order valence-corrected chi connectivity index (χ1v) is 3.40. The van der Waals surface area contributed by atoms with E-state index in [2.05, 4.69) is 15.3 Å². The number of nitrogens with zero attached hydrogens (tertiary/aromatic N) is 3. The molecule has 1 aliphatic rings. The van der Waals surface area contributed by atoms with Crippen LogP contribution >= 0.6 is 0 Å². The van der Waals surface area contributed by atoms with Crippen molar-refractivity contribution >= 4 is 5.91 Å². The molecule has 0 spiro atoms. The molecule has 1 fully saturated rings. The SMILES string of the molecule is CC1(C)CNC(=O)C1N=[N+]=[N-]. The molecule has 0 aromatic heterocycles. The van der Waals surface area contributed by atoms with Gasteiger partial charge < -0.3 is 5.32 Å². The number of nitrogens with one attached hydrogen (secondary N) is 1. The lowest BCUT2D eigenvalue weighted by molar-refractivity contribution is -0.120. The smallest absolute Gasteiger partial charge is 0.229 e. The summed E-state index contributed by atoms with van der Waals surface area (Å²) in [6.07, 6.45) is 0. The highest BCUT2D eigenvalue weighted by Crippen LogP contribution is 2.27. The van der Waals surface area contributed by atoms with E-state index in [1.807, 2.05) is 13.8 Å². The third-order valence-corrected chi connectivity index (χ3v) is 1.87. The zero-order chi connectivity index (χ0) is 8.48. The van der Waals surface area contributed by atoms with Gasteiger partial charge in [0.1, 0.15) is 6.04 Å². The zero-order valence-electron chi connectivity index (χ0n) is 6.53. The number of hydrogen-bond donors (Lipinski definition) is 1. The number of hydrogen-bond acceptors (Lipinski definition) is 2. The number of amides is 1. The van der Waals surface area contributed by atoms with E-state index in [-0.39, 0.29) is 11.3 Å². The average Bonchev–Trinajstić information content (AvgIpc) is 2.16. The van der Waals surface area contributed by atoms with E-state index >= 15 is 0 Å². The summed E-state index contributed by atoms with van der Waals surface area (Å²) in [7, 11) is 0. The Labute approximate surface area is 64.4 Å². The van der Waals surface area contributed by atoms with Crippen LogP contribution in [0, 0.1) is 5.41 Å². The highest BCUT2D eigenvalue weighted by atomic mass is 16.2. The molecule has 5 nitrogen and oxygen atoms in total. The lowest BCUT2D eigenvalue weighted by Crippen LogP contribution is -2.27. The van der Waals surface area contributed by atoms with Gasteiger partial charge in [0.15, 0.2) is 0 Å². The highest BCUT2D eigenvalue weighted by molar-refractivity contribution is 5.85. The third kappa shape index (κ3) is 1.28. The molecule has 0 aromatic carbocycles. The van der Waals surface area contributed by atoms with Crippen molar-refractivity contribution in [3.8, 4) is 0 Å². The molecule has 60 valence electrons. The summed E-state index contributed by atoms with van der Waals surface area (Å²) in [6.45, 7) is 4.37. The van der Waals surface area contributed by atoms with Crippen molar-refractivity contribution in [1.82, 2.24) is 5.32 Å². The molecule has 0 saturated carbocycles. The van der Waals surface area contributed by atoms with Crippen molar-refractivity contribution < 1.29 is 4.79 Å². The van der Waals surface area contributed by atoms with Crippen LogP contribution in [0.4, 0.5) is 0 Å². The van der Waals surface area contributed by atoms with E-state index in [0.29, 0.717) is 6.54 Å². The van der Waals surface area contributed by atoms with Gasteiger partial charge in [-0.3, -0.25) is 4.79 Å². The standard InChI is InChI=1S/C6H10N4O/c1-6(2)3-8-5(11)4(6)9-10-7/h4H,3H2,1-2H3,(H,8,11). The van der Waals surface area contributed by atoms with Crippen LogP contribution in [0.5, 0.6) is 0 Å². The second-order valence-electron chi connectivity index (χ2n) is 3.31.